The van der Waals surface area contributed by atoms with Crippen LogP contribution >= 0.6 is 11.6 Å². The van der Waals surface area contributed by atoms with E-state index in [1.54, 1.807) is 11.9 Å². The summed E-state index contributed by atoms with van der Waals surface area (Å²) in [5.74, 6) is 0.579. The minimum absolute atomic E-state index is 0.0971. The average molecular weight is 272 g/mol. The molecular formula is C11H18ClN5O. The molecule has 0 aliphatic heterocycles. The van der Waals surface area contributed by atoms with E-state index in [2.05, 4.69) is 22.2 Å². The fourth-order valence-electron chi connectivity index (χ4n) is 1.50. The molecular weight excluding hydrogens is 254 g/mol. The van der Waals surface area contributed by atoms with Gasteiger partial charge in [-0.1, -0.05) is 24.9 Å². The number of amides is 1. The van der Waals surface area contributed by atoms with Crippen LogP contribution in [0.1, 0.15) is 19.8 Å². The first kappa shape index (κ1) is 14.5. The van der Waals surface area contributed by atoms with Crippen molar-refractivity contribution in [1.29, 1.82) is 0 Å². The summed E-state index contributed by atoms with van der Waals surface area (Å²) < 4.78 is 0. The van der Waals surface area contributed by atoms with E-state index in [0.29, 0.717) is 23.3 Å². The zero-order valence-corrected chi connectivity index (χ0v) is 11.4. The third kappa shape index (κ3) is 4.03. The third-order valence-electron chi connectivity index (χ3n) is 2.38. The van der Waals surface area contributed by atoms with Gasteiger partial charge in [0.05, 0.1) is 12.7 Å². The highest BCUT2D eigenvalue weighted by Crippen LogP contribution is 2.23. The van der Waals surface area contributed by atoms with Crippen molar-refractivity contribution in [2.75, 3.05) is 30.4 Å². The van der Waals surface area contributed by atoms with Crippen LogP contribution in [-0.4, -0.2) is 36.0 Å². The number of nitrogens with two attached hydrogens (primary N) is 1. The van der Waals surface area contributed by atoms with E-state index in [1.165, 1.54) is 6.20 Å². The number of nitrogens with one attached hydrogen (secondary N) is 1. The van der Waals surface area contributed by atoms with Gasteiger partial charge in [-0.05, 0) is 6.42 Å². The van der Waals surface area contributed by atoms with E-state index >= 15 is 0 Å². The fourth-order valence-corrected chi connectivity index (χ4v) is 1.71. The first-order chi connectivity index (χ1) is 8.58. The van der Waals surface area contributed by atoms with Gasteiger partial charge in [0.15, 0.2) is 5.82 Å². The highest BCUT2D eigenvalue weighted by atomic mass is 35.5. The number of halogens is 1. The van der Waals surface area contributed by atoms with E-state index in [1.807, 2.05) is 0 Å². The van der Waals surface area contributed by atoms with Crippen LogP contribution in [0.5, 0.6) is 0 Å². The number of anilines is 2. The Balaban J connectivity index is 2.98. The normalized spacial score (nSPS) is 10.2. The van der Waals surface area contributed by atoms with Crippen LogP contribution in [0.25, 0.3) is 0 Å². The largest absolute Gasteiger partial charge is 0.368 e. The van der Waals surface area contributed by atoms with E-state index in [0.717, 1.165) is 12.8 Å². The number of hydrogen-bond acceptors (Lipinski definition) is 5. The van der Waals surface area contributed by atoms with Gasteiger partial charge in [0.1, 0.15) is 5.02 Å². The lowest BCUT2D eigenvalue weighted by Gasteiger charge is -2.23. The summed E-state index contributed by atoms with van der Waals surface area (Å²) in [5.41, 5.74) is 5.24. The lowest BCUT2D eigenvalue weighted by atomic mass is 10.3. The van der Waals surface area contributed by atoms with Crippen LogP contribution in [0.2, 0.25) is 5.02 Å². The summed E-state index contributed by atoms with van der Waals surface area (Å²) in [6.45, 7) is 2.85. The summed E-state index contributed by atoms with van der Waals surface area (Å²) in [6, 6.07) is 0. The molecule has 18 heavy (non-hydrogen) atoms. The Bertz CT molecular complexity index is 412. The molecule has 0 aliphatic rings. The van der Waals surface area contributed by atoms with Crippen molar-refractivity contribution in [2.24, 2.45) is 5.73 Å². The molecule has 1 aromatic rings. The van der Waals surface area contributed by atoms with Gasteiger partial charge in [-0.2, -0.15) is 4.98 Å². The molecule has 0 aliphatic carbocycles. The van der Waals surface area contributed by atoms with Crippen molar-refractivity contribution in [3.05, 3.63) is 11.2 Å². The standard InChI is InChI=1S/C11H18ClN5O/c1-3-4-5-17(7-9(13)18)10-8(12)6-15-11(14-2)16-10/h6H,3-5,7H2,1-2H3,(H2,13,18)(H,14,15,16). The minimum atomic E-state index is -0.410. The van der Waals surface area contributed by atoms with Crippen molar-refractivity contribution < 1.29 is 4.79 Å². The Labute approximate surface area is 112 Å². The molecule has 0 bridgehead atoms. The van der Waals surface area contributed by atoms with E-state index < -0.39 is 5.91 Å². The molecule has 0 spiro atoms. The van der Waals surface area contributed by atoms with Gasteiger partial charge in [-0.3, -0.25) is 4.79 Å². The molecule has 0 fully saturated rings. The molecule has 7 heteroatoms. The van der Waals surface area contributed by atoms with Crippen LogP contribution in [0.3, 0.4) is 0 Å². The van der Waals surface area contributed by atoms with Crippen LogP contribution in [0.15, 0.2) is 6.20 Å². The summed E-state index contributed by atoms with van der Waals surface area (Å²) >= 11 is 6.06. The highest BCUT2D eigenvalue weighted by Gasteiger charge is 2.15. The van der Waals surface area contributed by atoms with E-state index in [9.17, 15) is 4.79 Å². The maximum atomic E-state index is 11.1. The zero-order valence-electron chi connectivity index (χ0n) is 10.6. The van der Waals surface area contributed by atoms with Crippen molar-refractivity contribution in [3.8, 4) is 0 Å². The molecule has 3 N–H and O–H groups in total. The van der Waals surface area contributed by atoms with E-state index in [4.69, 9.17) is 17.3 Å². The van der Waals surface area contributed by atoms with Crippen LogP contribution in [0, 0.1) is 0 Å². The second kappa shape index (κ2) is 7.00. The van der Waals surface area contributed by atoms with Crippen molar-refractivity contribution in [2.45, 2.75) is 19.8 Å². The van der Waals surface area contributed by atoms with Gasteiger partial charge < -0.3 is 16.0 Å². The molecule has 100 valence electrons. The molecule has 1 amide bonds. The highest BCUT2D eigenvalue weighted by molar-refractivity contribution is 6.32. The van der Waals surface area contributed by atoms with Crippen LogP contribution < -0.4 is 16.0 Å². The molecule has 1 rings (SSSR count). The van der Waals surface area contributed by atoms with Crippen LogP contribution in [0.4, 0.5) is 11.8 Å². The summed E-state index contributed by atoms with van der Waals surface area (Å²) in [5, 5.41) is 3.24. The molecule has 1 heterocycles. The number of carbonyl (C=O) groups excluding carboxylic acids is 1. The molecule has 0 radical (unpaired) electrons. The first-order valence-electron chi connectivity index (χ1n) is 5.82. The second-order valence-electron chi connectivity index (χ2n) is 3.86. The topological polar surface area (TPSA) is 84.1 Å². The van der Waals surface area contributed by atoms with E-state index in [-0.39, 0.29) is 6.54 Å². The quantitative estimate of drug-likeness (QED) is 0.780. The van der Waals surface area contributed by atoms with Gasteiger partial charge in [0.2, 0.25) is 11.9 Å². The van der Waals surface area contributed by atoms with Crippen molar-refractivity contribution in [3.63, 3.8) is 0 Å². The maximum absolute atomic E-state index is 11.1. The Morgan fingerprint density at radius 3 is 2.89 bits per heavy atom. The molecule has 0 aromatic carbocycles. The molecule has 0 saturated carbocycles. The smallest absolute Gasteiger partial charge is 0.236 e. The fraction of sp³-hybridized carbons (Fsp3) is 0.545. The summed E-state index contributed by atoms with van der Waals surface area (Å²) in [7, 11) is 1.72. The third-order valence-corrected chi connectivity index (χ3v) is 2.64. The Kier molecular flexibility index (Phi) is 5.64. The number of unbranched alkanes of at least 4 members (excludes halogenated alkanes) is 1. The van der Waals surface area contributed by atoms with Gasteiger partial charge in [-0.15, -0.1) is 0 Å². The lowest BCUT2D eigenvalue weighted by molar-refractivity contribution is -0.116. The van der Waals surface area contributed by atoms with Crippen molar-refractivity contribution >= 4 is 29.3 Å². The average Bonchev–Trinajstić information content (AvgIpc) is 2.35. The lowest BCUT2D eigenvalue weighted by Crippen LogP contribution is -2.35. The molecule has 6 nitrogen and oxygen atoms in total. The molecule has 0 atom stereocenters. The maximum Gasteiger partial charge on any atom is 0.236 e. The first-order valence-corrected chi connectivity index (χ1v) is 6.19. The monoisotopic (exact) mass is 271 g/mol. The van der Waals surface area contributed by atoms with Gasteiger partial charge >= 0.3 is 0 Å². The van der Waals surface area contributed by atoms with Crippen LogP contribution in [-0.2, 0) is 4.79 Å². The van der Waals surface area contributed by atoms with Gasteiger partial charge in [0.25, 0.3) is 0 Å². The number of aromatic nitrogens is 2. The second-order valence-corrected chi connectivity index (χ2v) is 4.26. The number of hydrogen-bond donors (Lipinski definition) is 2. The Hall–Kier alpha value is -1.56. The Morgan fingerprint density at radius 1 is 1.61 bits per heavy atom. The number of nitrogens with zero attached hydrogens (tertiary/aromatic N) is 3. The zero-order chi connectivity index (χ0) is 13.5. The van der Waals surface area contributed by atoms with Gasteiger partial charge in [0, 0.05) is 13.6 Å². The number of rotatable bonds is 7. The SMILES string of the molecule is CCCCN(CC(N)=O)c1nc(NC)ncc1Cl. The Morgan fingerprint density at radius 2 is 2.33 bits per heavy atom. The number of primary amides is 1. The summed E-state index contributed by atoms with van der Waals surface area (Å²) in [4.78, 5) is 21.1. The predicted molar refractivity (Wildman–Crippen MR) is 72.9 cm³/mol. The van der Waals surface area contributed by atoms with Crippen molar-refractivity contribution in [1.82, 2.24) is 9.97 Å². The summed E-state index contributed by atoms with van der Waals surface area (Å²) in [6.07, 6.45) is 3.45. The molecule has 0 unspecified atom stereocenters. The minimum Gasteiger partial charge on any atom is -0.368 e. The predicted octanol–water partition coefficient (Wildman–Crippen LogP) is 1.26. The molecule has 0 saturated heterocycles. The number of carbonyl (C=O) groups is 1. The molecule has 1 aromatic heterocycles. The van der Waals surface area contributed by atoms with Gasteiger partial charge in [-0.25, -0.2) is 4.98 Å².